The van der Waals surface area contributed by atoms with E-state index < -0.39 is 0 Å². The van der Waals surface area contributed by atoms with Crippen molar-refractivity contribution in [2.45, 2.75) is 25.3 Å². The number of aromatic nitrogens is 3. The smallest absolute Gasteiger partial charge is 0.289 e. The Labute approximate surface area is 146 Å². The Bertz CT molecular complexity index is 826. The second-order valence-corrected chi connectivity index (χ2v) is 6.34. The maximum Gasteiger partial charge on any atom is 0.289 e. The van der Waals surface area contributed by atoms with Crippen molar-refractivity contribution in [2.75, 3.05) is 13.1 Å². The summed E-state index contributed by atoms with van der Waals surface area (Å²) in [6.07, 6.45) is 11.0. The van der Waals surface area contributed by atoms with Gasteiger partial charge >= 0.3 is 0 Å². The summed E-state index contributed by atoms with van der Waals surface area (Å²) in [5.74, 6) is 1.62. The molecule has 3 aromatic rings. The molecule has 1 fully saturated rings. The van der Waals surface area contributed by atoms with E-state index in [1.807, 2.05) is 29.6 Å². The summed E-state index contributed by atoms with van der Waals surface area (Å²) in [5.41, 5.74) is 1.14. The van der Waals surface area contributed by atoms with Crippen LogP contribution in [0, 0.1) is 0 Å². The first-order valence-corrected chi connectivity index (χ1v) is 8.54. The van der Waals surface area contributed by atoms with Crippen LogP contribution in [0.5, 0.6) is 0 Å². The van der Waals surface area contributed by atoms with Crippen LogP contribution in [0.2, 0.25) is 0 Å². The van der Waals surface area contributed by atoms with Gasteiger partial charge < -0.3 is 13.9 Å². The Kier molecular flexibility index (Phi) is 4.33. The summed E-state index contributed by atoms with van der Waals surface area (Å²) in [6, 6.07) is 7.46. The molecular formula is C19H20N4O2. The minimum atomic E-state index is -0.0416. The van der Waals surface area contributed by atoms with E-state index in [0.717, 1.165) is 37.3 Å². The molecule has 25 heavy (non-hydrogen) atoms. The molecule has 0 aromatic carbocycles. The molecular weight excluding hydrogens is 316 g/mol. The first kappa shape index (κ1) is 15.6. The summed E-state index contributed by atoms with van der Waals surface area (Å²) in [7, 11) is 0. The van der Waals surface area contributed by atoms with Gasteiger partial charge in [0.1, 0.15) is 5.82 Å². The number of pyridine rings is 1. The molecule has 0 bridgehead atoms. The Morgan fingerprint density at radius 1 is 1.28 bits per heavy atom. The highest BCUT2D eigenvalue weighted by Gasteiger charge is 2.28. The molecule has 3 aromatic heterocycles. The van der Waals surface area contributed by atoms with E-state index in [9.17, 15) is 4.79 Å². The first-order valence-electron chi connectivity index (χ1n) is 8.54. The lowest BCUT2D eigenvalue weighted by Gasteiger charge is -2.32. The molecule has 6 heteroatoms. The molecule has 0 unspecified atom stereocenters. The van der Waals surface area contributed by atoms with E-state index in [-0.39, 0.29) is 11.8 Å². The van der Waals surface area contributed by atoms with Crippen LogP contribution in [0.15, 0.2) is 59.7 Å². The van der Waals surface area contributed by atoms with Crippen LogP contribution < -0.4 is 0 Å². The third-order valence-corrected chi connectivity index (χ3v) is 4.63. The topological polar surface area (TPSA) is 64.2 Å². The maximum atomic E-state index is 12.5. The molecule has 0 radical (unpaired) electrons. The zero-order valence-corrected chi connectivity index (χ0v) is 13.9. The van der Waals surface area contributed by atoms with Gasteiger partial charge in [-0.1, -0.05) is 6.07 Å². The Morgan fingerprint density at radius 3 is 3.04 bits per heavy atom. The predicted octanol–water partition coefficient (Wildman–Crippen LogP) is 2.94. The predicted molar refractivity (Wildman–Crippen MR) is 92.2 cm³/mol. The minimum Gasteiger partial charge on any atom is -0.459 e. The molecule has 1 aliphatic heterocycles. The van der Waals surface area contributed by atoms with Crippen LogP contribution in [0.3, 0.4) is 0 Å². The van der Waals surface area contributed by atoms with Gasteiger partial charge in [0.05, 0.1) is 12.8 Å². The van der Waals surface area contributed by atoms with E-state index in [1.54, 1.807) is 18.3 Å². The number of piperidine rings is 1. The van der Waals surface area contributed by atoms with E-state index in [1.165, 1.54) is 6.26 Å². The summed E-state index contributed by atoms with van der Waals surface area (Å²) in [5, 5.41) is 0. The van der Waals surface area contributed by atoms with Crippen molar-refractivity contribution in [1.29, 1.82) is 0 Å². The average Bonchev–Trinajstić information content (AvgIpc) is 3.34. The highest BCUT2D eigenvalue weighted by molar-refractivity contribution is 5.91. The largest absolute Gasteiger partial charge is 0.459 e. The molecule has 0 N–H and O–H groups in total. The zero-order valence-electron chi connectivity index (χ0n) is 13.9. The molecule has 1 aliphatic rings. The molecule has 0 saturated carbocycles. The Hall–Kier alpha value is -2.89. The molecule has 0 spiro atoms. The van der Waals surface area contributed by atoms with Crippen molar-refractivity contribution in [1.82, 2.24) is 19.4 Å². The summed E-state index contributed by atoms with van der Waals surface area (Å²) in [6.45, 7) is 2.18. The zero-order chi connectivity index (χ0) is 17.1. The van der Waals surface area contributed by atoms with Gasteiger partial charge in [-0.3, -0.25) is 9.78 Å². The Morgan fingerprint density at radius 2 is 2.24 bits per heavy atom. The second kappa shape index (κ2) is 6.93. The maximum absolute atomic E-state index is 12.5. The van der Waals surface area contributed by atoms with E-state index in [0.29, 0.717) is 12.3 Å². The second-order valence-electron chi connectivity index (χ2n) is 6.34. The number of amides is 1. The van der Waals surface area contributed by atoms with Gasteiger partial charge in [-0.25, -0.2) is 4.98 Å². The normalized spacial score (nSPS) is 17.6. The highest BCUT2D eigenvalue weighted by atomic mass is 16.3. The lowest BCUT2D eigenvalue weighted by molar-refractivity contribution is 0.0671. The van der Waals surface area contributed by atoms with Crippen molar-refractivity contribution in [3.8, 4) is 0 Å². The number of hydrogen-bond acceptors (Lipinski definition) is 4. The van der Waals surface area contributed by atoms with Gasteiger partial charge in [0, 0.05) is 43.8 Å². The number of nitrogens with zero attached hydrogens (tertiary/aromatic N) is 4. The van der Waals surface area contributed by atoms with Crippen molar-refractivity contribution < 1.29 is 9.21 Å². The molecule has 4 heterocycles. The number of carbonyl (C=O) groups is 1. The highest BCUT2D eigenvalue weighted by Crippen LogP contribution is 2.27. The van der Waals surface area contributed by atoms with Crippen LogP contribution in [0.4, 0.5) is 0 Å². The number of likely N-dealkylation sites (tertiary alicyclic amines) is 1. The number of furan rings is 1. The van der Waals surface area contributed by atoms with Crippen molar-refractivity contribution in [2.24, 2.45) is 0 Å². The molecule has 1 saturated heterocycles. The monoisotopic (exact) mass is 336 g/mol. The molecule has 0 aliphatic carbocycles. The fourth-order valence-corrected chi connectivity index (χ4v) is 3.43. The van der Waals surface area contributed by atoms with Crippen molar-refractivity contribution in [3.05, 3.63) is 72.5 Å². The third-order valence-electron chi connectivity index (χ3n) is 4.63. The average molecular weight is 336 g/mol. The summed E-state index contributed by atoms with van der Waals surface area (Å²) >= 11 is 0. The van der Waals surface area contributed by atoms with Gasteiger partial charge in [-0.15, -0.1) is 0 Å². The number of carbonyl (C=O) groups excluding carboxylic acids is 1. The van der Waals surface area contributed by atoms with E-state index in [2.05, 4.69) is 20.6 Å². The van der Waals surface area contributed by atoms with Crippen molar-refractivity contribution >= 4 is 5.91 Å². The fourth-order valence-electron chi connectivity index (χ4n) is 3.43. The molecule has 4 rings (SSSR count). The molecule has 6 nitrogen and oxygen atoms in total. The standard InChI is InChI=1S/C19H20N4O2/c24-19(17-6-3-11-25-17)23-9-2-5-16(14-23)18-21-8-10-22(18)13-15-4-1-7-20-12-15/h1,3-4,6-8,10-12,16H,2,5,9,13-14H2/t16-/m1/s1. The SMILES string of the molecule is O=C(c1ccco1)N1CCC[C@@H](c2nccn2Cc2cccnc2)C1. The molecule has 128 valence electrons. The van der Waals surface area contributed by atoms with Gasteiger partial charge in [-0.2, -0.15) is 0 Å². The van der Waals surface area contributed by atoms with Gasteiger partial charge in [0.15, 0.2) is 5.76 Å². The van der Waals surface area contributed by atoms with Crippen molar-refractivity contribution in [3.63, 3.8) is 0 Å². The van der Waals surface area contributed by atoms with Crippen LogP contribution in [0.25, 0.3) is 0 Å². The molecule has 1 atom stereocenters. The van der Waals surface area contributed by atoms with Crippen LogP contribution in [0.1, 0.15) is 40.7 Å². The lowest BCUT2D eigenvalue weighted by atomic mass is 9.96. The fraction of sp³-hybridized carbons (Fsp3) is 0.316. The molecule has 1 amide bonds. The quantitative estimate of drug-likeness (QED) is 0.735. The number of rotatable bonds is 4. The number of imidazole rings is 1. The van der Waals surface area contributed by atoms with Crippen LogP contribution in [-0.4, -0.2) is 38.4 Å². The summed E-state index contributed by atoms with van der Waals surface area (Å²) < 4.78 is 7.41. The van der Waals surface area contributed by atoms with Gasteiger partial charge in [0.2, 0.25) is 0 Å². The van der Waals surface area contributed by atoms with Crippen LogP contribution >= 0.6 is 0 Å². The number of hydrogen-bond donors (Lipinski definition) is 0. The van der Waals surface area contributed by atoms with E-state index >= 15 is 0 Å². The minimum absolute atomic E-state index is 0.0416. The lowest BCUT2D eigenvalue weighted by Crippen LogP contribution is -2.39. The van der Waals surface area contributed by atoms with E-state index in [4.69, 9.17) is 4.42 Å². The summed E-state index contributed by atoms with van der Waals surface area (Å²) in [4.78, 5) is 23.2. The Balaban J connectivity index is 1.50. The van der Waals surface area contributed by atoms with Crippen LogP contribution in [-0.2, 0) is 6.54 Å². The first-order chi connectivity index (χ1) is 12.3. The van der Waals surface area contributed by atoms with Gasteiger partial charge in [0.25, 0.3) is 5.91 Å². The van der Waals surface area contributed by atoms with Gasteiger partial charge in [-0.05, 0) is 36.6 Å². The third kappa shape index (κ3) is 3.33.